The molecule has 0 bridgehead atoms. The Hall–Kier alpha value is -4.98. The number of hydroxylamine groups is 2. The highest BCUT2D eigenvalue weighted by Gasteiger charge is 2.61. The van der Waals surface area contributed by atoms with E-state index in [1.165, 1.54) is 24.3 Å². The van der Waals surface area contributed by atoms with Gasteiger partial charge in [-0.15, -0.1) is 0 Å². The van der Waals surface area contributed by atoms with Crippen molar-refractivity contribution in [2.75, 3.05) is 4.90 Å². The first-order valence-electron chi connectivity index (χ1n) is 12.8. The molecular weight excluding hydrogens is 548 g/mol. The third kappa shape index (κ3) is 6.02. The van der Waals surface area contributed by atoms with E-state index in [0.717, 1.165) is 6.92 Å². The number of aliphatic carboxylic acids is 1. The third-order valence-corrected chi connectivity index (χ3v) is 6.79. The van der Waals surface area contributed by atoms with Crippen LogP contribution in [0.3, 0.4) is 0 Å². The monoisotopic (exact) mass is 580 g/mol. The van der Waals surface area contributed by atoms with Crippen LogP contribution in [0.1, 0.15) is 45.2 Å². The van der Waals surface area contributed by atoms with Crippen molar-refractivity contribution in [3.8, 4) is 0 Å². The fraction of sp³-hybridized carbons (Fsp3) is 0.357. The number of Topliss-reactive ketones (excluding diaryl/α,β-unsaturated/α-hetero) is 1. The summed E-state index contributed by atoms with van der Waals surface area (Å²) >= 11 is 0. The normalized spacial score (nSPS) is 18.1. The highest BCUT2D eigenvalue weighted by molar-refractivity contribution is 6.15. The molecular formula is C28H32N6O8. The number of carboxylic acids is 1. The molecule has 4 amide bonds. The van der Waals surface area contributed by atoms with Crippen LogP contribution in [0.25, 0.3) is 0 Å². The van der Waals surface area contributed by atoms with Crippen molar-refractivity contribution in [3.05, 3.63) is 65.7 Å². The molecule has 14 heteroatoms. The number of anilines is 1. The summed E-state index contributed by atoms with van der Waals surface area (Å²) in [5, 5.41) is 15.3. The van der Waals surface area contributed by atoms with Crippen molar-refractivity contribution in [3.63, 3.8) is 0 Å². The summed E-state index contributed by atoms with van der Waals surface area (Å²) in [6, 6.07) is 9.16. The number of benzene rings is 2. The quantitative estimate of drug-likeness (QED) is 0.174. The van der Waals surface area contributed by atoms with Gasteiger partial charge in [0, 0.05) is 5.69 Å². The zero-order valence-corrected chi connectivity index (χ0v) is 23.5. The van der Waals surface area contributed by atoms with Crippen LogP contribution < -0.4 is 16.0 Å². The number of ketones is 1. The van der Waals surface area contributed by atoms with Crippen molar-refractivity contribution < 1.29 is 38.7 Å². The van der Waals surface area contributed by atoms with E-state index in [0.29, 0.717) is 16.0 Å². The zero-order valence-electron chi connectivity index (χ0n) is 23.5. The maximum absolute atomic E-state index is 13.9. The first-order valence-corrected chi connectivity index (χ1v) is 12.8. The van der Waals surface area contributed by atoms with Crippen LogP contribution >= 0.6 is 0 Å². The number of carboxylic acid groups (broad SMARTS) is 1. The molecule has 42 heavy (non-hydrogen) atoms. The van der Waals surface area contributed by atoms with Crippen LogP contribution in [0.5, 0.6) is 0 Å². The SMILES string of the molecule is CC(=O)[C@@H](C(=O)ON1C(=O)N[C@@](c2ccc(CN=N)cc2)(C(C)(C)C)C1=O)N(C(=O)[C@@H](N)CC(=O)O)c1ccccc1. The Labute approximate surface area is 241 Å². The van der Waals surface area contributed by atoms with Gasteiger partial charge in [0.2, 0.25) is 5.91 Å². The molecule has 0 aliphatic carbocycles. The van der Waals surface area contributed by atoms with E-state index in [4.69, 9.17) is 21.2 Å². The molecule has 0 radical (unpaired) electrons. The molecule has 1 aliphatic heterocycles. The number of para-hydroxylation sites is 1. The number of amides is 4. The largest absolute Gasteiger partial charge is 0.481 e. The third-order valence-electron chi connectivity index (χ3n) is 6.79. The Kier molecular flexibility index (Phi) is 9.21. The van der Waals surface area contributed by atoms with Crippen LogP contribution in [-0.2, 0) is 40.9 Å². The van der Waals surface area contributed by atoms with Gasteiger partial charge in [-0.25, -0.2) is 15.1 Å². The lowest BCUT2D eigenvalue weighted by Crippen LogP contribution is -2.57. The summed E-state index contributed by atoms with van der Waals surface area (Å²) in [4.78, 5) is 83.8. The Morgan fingerprint density at radius 2 is 1.69 bits per heavy atom. The van der Waals surface area contributed by atoms with Crippen LogP contribution in [-0.4, -0.2) is 57.8 Å². The maximum Gasteiger partial charge on any atom is 0.363 e. The van der Waals surface area contributed by atoms with Crippen molar-refractivity contribution in [1.29, 1.82) is 5.53 Å². The number of nitrogens with one attached hydrogen (secondary N) is 2. The van der Waals surface area contributed by atoms with Gasteiger partial charge in [-0.2, -0.15) is 5.11 Å². The minimum absolute atomic E-state index is 0.0289. The number of carbonyl (C=O) groups is 6. The molecule has 222 valence electrons. The molecule has 0 spiro atoms. The molecule has 1 aliphatic rings. The zero-order chi connectivity index (χ0) is 31.4. The van der Waals surface area contributed by atoms with E-state index < -0.39 is 65.0 Å². The van der Waals surface area contributed by atoms with Gasteiger partial charge < -0.3 is 21.0 Å². The highest BCUT2D eigenvalue weighted by Crippen LogP contribution is 2.44. The summed E-state index contributed by atoms with van der Waals surface area (Å²) < 4.78 is 0. The highest BCUT2D eigenvalue weighted by atomic mass is 16.7. The smallest absolute Gasteiger partial charge is 0.363 e. The average Bonchev–Trinajstić information content (AvgIpc) is 3.17. The topological polar surface area (TPSA) is 213 Å². The predicted octanol–water partition coefficient (Wildman–Crippen LogP) is 2.26. The van der Waals surface area contributed by atoms with Gasteiger partial charge in [-0.3, -0.25) is 24.1 Å². The summed E-state index contributed by atoms with van der Waals surface area (Å²) in [5.74, 6) is -5.74. The van der Waals surface area contributed by atoms with Crippen molar-refractivity contribution in [1.82, 2.24) is 10.4 Å². The van der Waals surface area contributed by atoms with E-state index in [9.17, 15) is 28.8 Å². The number of rotatable bonds is 11. The van der Waals surface area contributed by atoms with E-state index in [2.05, 4.69) is 10.4 Å². The Bertz CT molecular complexity index is 1410. The fourth-order valence-corrected chi connectivity index (χ4v) is 4.72. The van der Waals surface area contributed by atoms with Gasteiger partial charge in [0.05, 0.1) is 19.0 Å². The second-order valence-electron chi connectivity index (χ2n) is 10.7. The average molecular weight is 581 g/mol. The van der Waals surface area contributed by atoms with E-state index >= 15 is 0 Å². The standard InChI is InChI=1S/C28H32N6O8/c1-16(35)22(33(19-8-6-5-7-9-19)23(38)20(29)14-21(36)37)24(39)42-34-25(40)28(27(2,3)4,32-26(34)41)18-12-10-17(11-13-18)15-31-30/h5-13,20,22,30H,14-15,29H2,1-4H3,(H,32,41)(H,36,37)/t20-,22-,28+/m0/s1. The lowest BCUT2D eigenvalue weighted by Gasteiger charge is -2.39. The minimum atomic E-state index is -2.02. The van der Waals surface area contributed by atoms with Crippen molar-refractivity contribution in [2.24, 2.45) is 16.3 Å². The summed E-state index contributed by atoms with van der Waals surface area (Å²) in [6.07, 6.45) is -0.794. The Balaban J connectivity index is 2.02. The number of nitrogens with zero attached hydrogens (tertiary/aromatic N) is 3. The van der Waals surface area contributed by atoms with Crippen LogP contribution in [0.4, 0.5) is 10.5 Å². The molecule has 1 heterocycles. The number of hydrogen-bond donors (Lipinski definition) is 4. The first kappa shape index (κ1) is 31.5. The molecule has 3 atom stereocenters. The lowest BCUT2D eigenvalue weighted by molar-refractivity contribution is -0.187. The van der Waals surface area contributed by atoms with Crippen molar-refractivity contribution in [2.45, 2.75) is 58.3 Å². The number of nitrogens with two attached hydrogens (primary N) is 1. The second kappa shape index (κ2) is 12.3. The van der Waals surface area contributed by atoms with Gasteiger partial charge in [-0.05, 0) is 35.6 Å². The molecule has 1 fully saturated rings. The van der Waals surface area contributed by atoms with Gasteiger partial charge in [0.1, 0.15) is 0 Å². The van der Waals surface area contributed by atoms with E-state index in [-0.39, 0.29) is 17.3 Å². The maximum atomic E-state index is 13.9. The number of urea groups is 1. The molecule has 5 N–H and O–H groups in total. The minimum Gasteiger partial charge on any atom is -0.481 e. The predicted molar refractivity (Wildman–Crippen MR) is 147 cm³/mol. The van der Waals surface area contributed by atoms with E-state index in [1.807, 2.05) is 0 Å². The molecule has 1 saturated heterocycles. The van der Waals surface area contributed by atoms with Crippen LogP contribution in [0.2, 0.25) is 0 Å². The molecule has 2 aromatic carbocycles. The number of imide groups is 1. The van der Waals surface area contributed by atoms with Crippen LogP contribution in [0.15, 0.2) is 59.7 Å². The second-order valence-corrected chi connectivity index (χ2v) is 10.7. The first-order chi connectivity index (χ1) is 19.6. The Morgan fingerprint density at radius 3 is 2.19 bits per heavy atom. The molecule has 14 nitrogen and oxygen atoms in total. The number of hydrogen-bond acceptors (Lipinski definition) is 10. The molecule has 2 aromatic rings. The van der Waals surface area contributed by atoms with Crippen LogP contribution in [0, 0.1) is 10.9 Å². The molecule has 0 saturated carbocycles. The lowest BCUT2D eigenvalue weighted by atomic mass is 9.69. The van der Waals surface area contributed by atoms with Crippen molar-refractivity contribution >= 4 is 41.3 Å². The summed E-state index contributed by atoms with van der Waals surface area (Å²) in [5.41, 5.74) is 11.3. The van der Waals surface area contributed by atoms with Gasteiger partial charge in [-0.1, -0.05) is 68.3 Å². The Morgan fingerprint density at radius 1 is 1.10 bits per heavy atom. The fourth-order valence-electron chi connectivity index (χ4n) is 4.72. The molecule has 0 aromatic heterocycles. The number of carbonyl (C=O) groups excluding carboxylic acids is 5. The van der Waals surface area contributed by atoms with E-state index in [1.54, 1.807) is 51.1 Å². The van der Waals surface area contributed by atoms with Gasteiger partial charge in [0.25, 0.3) is 5.91 Å². The molecule has 0 unspecified atom stereocenters. The molecule has 3 rings (SSSR count). The van der Waals surface area contributed by atoms with Gasteiger partial charge >= 0.3 is 18.0 Å². The van der Waals surface area contributed by atoms with Gasteiger partial charge in [0.15, 0.2) is 17.4 Å². The summed E-state index contributed by atoms with van der Waals surface area (Å²) in [6.45, 7) is 6.20. The summed E-state index contributed by atoms with van der Waals surface area (Å²) in [7, 11) is 0.